The van der Waals surface area contributed by atoms with Crippen LogP contribution in [0.15, 0.2) is 114 Å². The van der Waals surface area contributed by atoms with E-state index in [4.69, 9.17) is 11.6 Å². The summed E-state index contributed by atoms with van der Waals surface area (Å²) in [6, 6.07) is 30.8. The number of hydrogen-bond donors (Lipinski definition) is 1. The summed E-state index contributed by atoms with van der Waals surface area (Å²) in [7, 11) is -4.18. The minimum Gasteiger partial charge on any atom is -0.354 e. The molecule has 0 heterocycles. The molecule has 1 N–H and O–H groups in total. The minimum atomic E-state index is -4.18. The molecule has 0 aromatic heterocycles. The van der Waals surface area contributed by atoms with Gasteiger partial charge in [0.05, 0.1) is 10.6 Å². The predicted molar refractivity (Wildman–Crippen MR) is 176 cm³/mol. The first kappa shape index (κ1) is 32.8. The maximum atomic E-state index is 14.4. The van der Waals surface area contributed by atoms with Crippen LogP contribution in [0.3, 0.4) is 0 Å². The van der Waals surface area contributed by atoms with Gasteiger partial charge in [0.2, 0.25) is 11.8 Å². The highest BCUT2D eigenvalue weighted by molar-refractivity contribution is 7.92. The lowest BCUT2D eigenvalue weighted by atomic mass is 10.0. The van der Waals surface area contributed by atoms with Crippen molar-refractivity contribution < 1.29 is 18.0 Å². The maximum absolute atomic E-state index is 14.4. The van der Waals surface area contributed by atoms with Crippen LogP contribution in [0.2, 0.25) is 5.02 Å². The second kappa shape index (κ2) is 15.0. The highest BCUT2D eigenvalue weighted by Gasteiger charge is 2.34. The fourth-order valence-corrected chi connectivity index (χ4v) is 6.27. The number of halogens is 1. The van der Waals surface area contributed by atoms with E-state index in [-0.39, 0.29) is 29.7 Å². The first-order chi connectivity index (χ1) is 21.0. The molecule has 7 nitrogen and oxygen atoms in total. The number of anilines is 1. The second-order valence-electron chi connectivity index (χ2n) is 11.2. The molecule has 2 amide bonds. The fraction of sp³-hybridized carbons (Fsp3) is 0.257. The Morgan fingerprint density at radius 2 is 1.36 bits per heavy atom. The molecular weight excluding hydrogens is 594 g/mol. The van der Waals surface area contributed by atoms with E-state index in [1.165, 1.54) is 29.2 Å². The molecule has 0 fully saturated rings. The van der Waals surface area contributed by atoms with E-state index in [0.29, 0.717) is 17.3 Å². The van der Waals surface area contributed by atoms with Crippen molar-refractivity contribution in [3.8, 4) is 0 Å². The third-order valence-corrected chi connectivity index (χ3v) is 9.19. The van der Waals surface area contributed by atoms with Crippen molar-refractivity contribution in [3.63, 3.8) is 0 Å². The van der Waals surface area contributed by atoms with E-state index in [2.05, 4.69) is 5.32 Å². The summed E-state index contributed by atoms with van der Waals surface area (Å²) in [5, 5.41) is 3.39. The Morgan fingerprint density at radius 3 is 1.93 bits per heavy atom. The SMILES string of the molecule is Cc1ccc(N(CC(=O)N(Cc2ccccc2)[C@H](Cc2ccccc2)C(=O)NCC(C)C)S(=O)(=O)c2ccc(Cl)cc2)cc1. The predicted octanol–water partition coefficient (Wildman–Crippen LogP) is 6.26. The van der Waals surface area contributed by atoms with Gasteiger partial charge in [-0.15, -0.1) is 0 Å². The van der Waals surface area contributed by atoms with Gasteiger partial charge in [0.1, 0.15) is 12.6 Å². The van der Waals surface area contributed by atoms with E-state index in [9.17, 15) is 18.0 Å². The molecule has 0 aliphatic heterocycles. The number of carbonyl (C=O) groups excluding carboxylic acids is 2. The Kier molecular flexibility index (Phi) is 11.2. The van der Waals surface area contributed by atoms with Crippen LogP contribution < -0.4 is 9.62 Å². The van der Waals surface area contributed by atoms with Crippen molar-refractivity contribution in [3.05, 3.63) is 131 Å². The maximum Gasteiger partial charge on any atom is 0.264 e. The summed E-state index contributed by atoms with van der Waals surface area (Å²) in [6.07, 6.45) is 0.262. The number of amides is 2. The highest BCUT2D eigenvalue weighted by atomic mass is 35.5. The second-order valence-corrected chi connectivity index (χ2v) is 13.5. The van der Waals surface area contributed by atoms with Crippen molar-refractivity contribution >= 4 is 39.1 Å². The molecule has 4 rings (SSSR count). The van der Waals surface area contributed by atoms with Gasteiger partial charge in [-0.1, -0.05) is 104 Å². The number of nitrogens with zero attached hydrogens (tertiary/aromatic N) is 2. The summed E-state index contributed by atoms with van der Waals surface area (Å²) < 4.78 is 29.2. The molecular formula is C35H38ClN3O4S. The first-order valence-corrected chi connectivity index (χ1v) is 16.4. The van der Waals surface area contributed by atoms with Crippen molar-refractivity contribution in [1.29, 1.82) is 0 Å². The van der Waals surface area contributed by atoms with Gasteiger partial charge in [0.15, 0.2) is 0 Å². The van der Waals surface area contributed by atoms with Crippen LogP contribution >= 0.6 is 11.6 Å². The lowest BCUT2D eigenvalue weighted by Gasteiger charge is -2.34. The molecule has 0 aliphatic carbocycles. The molecule has 0 saturated carbocycles. The van der Waals surface area contributed by atoms with Crippen molar-refractivity contribution in [2.75, 3.05) is 17.4 Å². The van der Waals surface area contributed by atoms with Gasteiger partial charge in [-0.3, -0.25) is 13.9 Å². The number of benzene rings is 4. The molecule has 0 saturated heterocycles. The van der Waals surface area contributed by atoms with Gasteiger partial charge in [0.25, 0.3) is 10.0 Å². The molecule has 1 atom stereocenters. The zero-order valence-electron chi connectivity index (χ0n) is 25.2. The third kappa shape index (κ3) is 8.71. The largest absolute Gasteiger partial charge is 0.354 e. The third-order valence-electron chi connectivity index (χ3n) is 7.15. The van der Waals surface area contributed by atoms with Gasteiger partial charge < -0.3 is 10.2 Å². The first-order valence-electron chi connectivity index (χ1n) is 14.5. The molecule has 9 heteroatoms. The minimum absolute atomic E-state index is 0.000367. The molecule has 0 aliphatic rings. The lowest BCUT2D eigenvalue weighted by molar-refractivity contribution is -0.140. The van der Waals surface area contributed by atoms with Crippen LogP contribution in [0.4, 0.5) is 5.69 Å². The summed E-state index contributed by atoms with van der Waals surface area (Å²) in [4.78, 5) is 29.7. The Balaban J connectivity index is 1.78. The average molecular weight is 632 g/mol. The van der Waals surface area contributed by atoms with Gasteiger partial charge in [0, 0.05) is 24.5 Å². The summed E-state index contributed by atoms with van der Waals surface area (Å²) in [5.74, 6) is -0.599. The summed E-state index contributed by atoms with van der Waals surface area (Å²) >= 11 is 6.05. The number of aryl methyl sites for hydroxylation is 1. The Labute approximate surface area is 265 Å². The van der Waals surface area contributed by atoms with E-state index in [0.717, 1.165) is 21.0 Å². The zero-order chi connectivity index (χ0) is 31.7. The van der Waals surface area contributed by atoms with Crippen LogP contribution in [0.1, 0.15) is 30.5 Å². The van der Waals surface area contributed by atoms with Crippen molar-refractivity contribution in [2.24, 2.45) is 5.92 Å². The molecule has 44 heavy (non-hydrogen) atoms. The van der Waals surface area contributed by atoms with E-state index < -0.39 is 28.5 Å². The lowest BCUT2D eigenvalue weighted by Crippen LogP contribution is -2.53. The highest BCUT2D eigenvalue weighted by Crippen LogP contribution is 2.26. The van der Waals surface area contributed by atoms with Gasteiger partial charge in [-0.2, -0.15) is 0 Å². The van der Waals surface area contributed by atoms with Crippen LogP contribution in [0.25, 0.3) is 0 Å². The van der Waals surface area contributed by atoms with E-state index in [1.807, 2.05) is 81.4 Å². The number of carbonyl (C=O) groups is 2. The Hall–Kier alpha value is -4.14. The number of nitrogens with one attached hydrogen (secondary N) is 1. The van der Waals surface area contributed by atoms with Gasteiger partial charge in [-0.25, -0.2) is 8.42 Å². The molecule has 4 aromatic rings. The number of hydrogen-bond acceptors (Lipinski definition) is 4. The van der Waals surface area contributed by atoms with E-state index >= 15 is 0 Å². The monoisotopic (exact) mass is 631 g/mol. The van der Waals surface area contributed by atoms with Crippen molar-refractivity contribution in [2.45, 2.75) is 44.7 Å². The molecule has 230 valence electrons. The summed E-state index contributed by atoms with van der Waals surface area (Å²) in [6.45, 7) is 5.95. The molecule has 0 bridgehead atoms. The molecule has 0 unspecified atom stereocenters. The van der Waals surface area contributed by atoms with E-state index in [1.54, 1.807) is 24.3 Å². The van der Waals surface area contributed by atoms with Crippen LogP contribution in [0.5, 0.6) is 0 Å². The molecule has 4 aromatic carbocycles. The van der Waals surface area contributed by atoms with Crippen LogP contribution in [-0.2, 0) is 32.6 Å². The average Bonchev–Trinajstić information content (AvgIpc) is 3.02. The van der Waals surface area contributed by atoms with Gasteiger partial charge in [-0.05, 0) is 60.4 Å². The van der Waals surface area contributed by atoms with Crippen LogP contribution in [0, 0.1) is 12.8 Å². The topological polar surface area (TPSA) is 86.8 Å². The Morgan fingerprint density at radius 1 is 0.795 bits per heavy atom. The fourth-order valence-electron chi connectivity index (χ4n) is 4.73. The molecule has 0 spiro atoms. The standard InChI is InChI=1S/C35H38ClN3O4S/c1-26(2)23-37-35(41)33(22-28-10-6-4-7-11-28)38(24-29-12-8-5-9-13-29)34(40)25-39(31-18-14-27(3)15-19-31)44(42,43)32-20-16-30(36)17-21-32/h4-21,26,33H,22-25H2,1-3H3,(H,37,41)/t33-/m1/s1. The smallest absolute Gasteiger partial charge is 0.264 e. The number of sulfonamides is 1. The quantitative estimate of drug-likeness (QED) is 0.189. The zero-order valence-corrected chi connectivity index (χ0v) is 26.8. The number of rotatable bonds is 13. The molecule has 0 radical (unpaired) electrons. The van der Waals surface area contributed by atoms with Crippen molar-refractivity contribution in [1.82, 2.24) is 10.2 Å². The van der Waals surface area contributed by atoms with Crippen LogP contribution in [-0.4, -0.2) is 44.3 Å². The Bertz CT molecular complexity index is 1630. The summed E-state index contributed by atoms with van der Waals surface area (Å²) in [5.41, 5.74) is 2.98. The normalized spacial score (nSPS) is 12.0. The van der Waals surface area contributed by atoms with Gasteiger partial charge >= 0.3 is 0 Å².